The van der Waals surface area contributed by atoms with E-state index in [0.717, 1.165) is 4.90 Å². The normalized spacial score (nSPS) is 18.4. The molecule has 1 aliphatic rings. The van der Waals surface area contributed by atoms with Gasteiger partial charge in [0.25, 0.3) is 11.8 Å². The SMILES string of the molecule is CN(C)C(=O)c1cc(NC2CC(=O)N(C)C2=O)ccn1. The predicted molar refractivity (Wildman–Crippen MR) is 72.1 cm³/mol. The molecule has 1 saturated heterocycles. The fourth-order valence-electron chi connectivity index (χ4n) is 1.94. The van der Waals surface area contributed by atoms with Crippen LogP contribution < -0.4 is 5.32 Å². The molecule has 1 aromatic heterocycles. The molecule has 1 fully saturated rings. The summed E-state index contributed by atoms with van der Waals surface area (Å²) in [7, 11) is 4.73. The summed E-state index contributed by atoms with van der Waals surface area (Å²) in [5.41, 5.74) is 0.872. The first-order valence-electron chi connectivity index (χ1n) is 6.15. The minimum absolute atomic E-state index is 0.120. The molecule has 1 N–H and O–H groups in total. The smallest absolute Gasteiger partial charge is 0.272 e. The molecule has 0 aromatic carbocycles. The van der Waals surface area contributed by atoms with Gasteiger partial charge >= 0.3 is 0 Å². The summed E-state index contributed by atoms with van der Waals surface area (Å²) >= 11 is 0. The standard InChI is InChI=1S/C13H16N4O3/c1-16(2)12(19)9-6-8(4-5-14-9)15-10-7-11(18)17(3)13(10)20/h4-6,10H,7H2,1-3H3,(H,14,15). The number of nitrogens with one attached hydrogen (secondary N) is 1. The number of nitrogens with zero attached hydrogens (tertiary/aromatic N) is 3. The summed E-state index contributed by atoms with van der Waals surface area (Å²) in [5, 5.41) is 2.96. The zero-order valence-electron chi connectivity index (χ0n) is 11.6. The molecule has 1 aliphatic heterocycles. The van der Waals surface area contributed by atoms with Gasteiger partial charge in [0.2, 0.25) is 5.91 Å². The van der Waals surface area contributed by atoms with Crippen LogP contribution in [0.25, 0.3) is 0 Å². The van der Waals surface area contributed by atoms with Gasteiger partial charge in [0.05, 0.1) is 6.42 Å². The minimum Gasteiger partial charge on any atom is -0.373 e. The molecule has 2 rings (SSSR count). The molecule has 0 radical (unpaired) electrons. The van der Waals surface area contributed by atoms with Crippen LogP contribution in [0.15, 0.2) is 18.3 Å². The van der Waals surface area contributed by atoms with Gasteiger partial charge in [-0.2, -0.15) is 0 Å². The maximum Gasteiger partial charge on any atom is 0.272 e. The molecule has 3 amide bonds. The number of rotatable bonds is 3. The van der Waals surface area contributed by atoms with Gasteiger partial charge in [-0.25, -0.2) is 0 Å². The quantitative estimate of drug-likeness (QED) is 0.783. The van der Waals surface area contributed by atoms with Gasteiger partial charge < -0.3 is 10.2 Å². The average Bonchev–Trinajstić information content (AvgIpc) is 2.66. The Morgan fingerprint density at radius 3 is 2.70 bits per heavy atom. The number of anilines is 1. The number of pyridine rings is 1. The minimum atomic E-state index is -0.586. The second-order valence-electron chi connectivity index (χ2n) is 4.82. The second-order valence-corrected chi connectivity index (χ2v) is 4.82. The van der Waals surface area contributed by atoms with Gasteiger partial charge in [0.1, 0.15) is 11.7 Å². The third-order valence-electron chi connectivity index (χ3n) is 3.11. The Bertz CT molecular complexity index is 570. The van der Waals surface area contributed by atoms with Crippen molar-refractivity contribution < 1.29 is 14.4 Å². The van der Waals surface area contributed by atoms with Crippen molar-refractivity contribution in [2.75, 3.05) is 26.5 Å². The van der Waals surface area contributed by atoms with Crippen LogP contribution in [0.5, 0.6) is 0 Å². The molecule has 106 valence electrons. The van der Waals surface area contributed by atoms with Gasteiger partial charge in [-0.05, 0) is 12.1 Å². The van der Waals surface area contributed by atoms with Crippen LogP contribution >= 0.6 is 0 Å². The predicted octanol–water partition coefficient (Wildman–Crippen LogP) is -0.0474. The Morgan fingerprint density at radius 1 is 1.45 bits per heavy atom. The average molecular weight is 276 g/mol. The highest BCUT2D eigenvalue weighted by Crippen LogP contribution is 2.17. The second kappa shape index (κ2) is 5.28. The lowest BCUT2D eigenvalue weighted by Crippen LogP contribution is -2.32. The number of amides is 3. The Kier molecular flexibility index (Phi) is 3.69. The zero-order chi connectivity index (χ0) is 14.9. The molecule has 1 atom stereocenters. The first-order valence-corrected chi connectivity index (χ1v) is 6.15. The number of aromatic nitrogens is 1. The van der Waals surface area contributed by atoms with Crippen molar-refractivity contribution in [2.24, 2.45) is 0 Å². The highest BCUT2D eigenvalue weighted by molar-refractivity contribution is 6.06. The van der Waals surface area contributed by atoms with Crippen molar-refractivity contribution in [2.45, 2.75) is 12.5 Å². The van der Waals surface area contributed by atoms with Crippen molar-refractivity contribution in [3.63, 3.8) is 0 Å². The van der Waals surface area contributed by atoms with Gasteiger partial charge in [-0.1, -0.05) is 0 Å². The van der Waals surface area contributed by atoms with Crippen LogP contribution in [0.2, 0.25) is 0 Å². The van der Waals surface area contributed by atoms with E-state index in [1.807, 2.05) is 0 Å². The van der Waals surface area contributed by atoms with E-state index in [1.165, 1.54) is 18.1 Å². The van der Waals surface area contributed by atoms with Crippen LogP contribution in [-0.4, -0.2) is 59.7 Å². The first-order chi connectivity index (χ1) is 9.40. The van der Waals surface area contributed by atoms with Gasteiger partial charge in [0.15, 0.2) is 0 Å². The molecule has 7 nitrogen and oxygen atoms in total. The molecular formula is C13H16N4O3. The number of hydrogen-bond donors (Lipinski definition) is 1. The highest BCUT2D eigenvalue weighted by Gasteiger charge is 2.35. The number of imide groups is 1. The van der Waals surface area contributed by atoms with Crippen LogP contribution in [-0.2, 0) is 9.59 Å². The summed E-state index contributed by atoms with van der Waals surface area (Å²) in [6, 6.07) is 2.64. The molecule has 20 heavy (non-hydrogen) atoms. The maximum absolute atomic E-state index is 11.8. The van der Waals surface area contributed by atoms with E-state index in [9.17, 15) is 14.4 Å². The molecule has 0 spiro atoms. The van der Waals surface area contributed by atoms with Gasteiger partial charge in [-0.3, -0.25) is 24.3 Å². The molecule has 7 heteroatoms. The molecular weight excluding hydrogens is 260 g/mol. The number of likely N-dealkylation sites (tertiary alicyclic amines) is 1. The summed E-state index contributed by atoms with van der Waals surface area (Å²) in [6.07, 6.45) is 1.61. The van der Waals surface area contributed by atoms with Gasteiger partial charge in [0, 0.05) is 33.0 Å². The molecule has 0 aliphatic carbocycles. The summed E-state index contributed by atoms with van der Waals surface area (Å²) in [4.78, 5) is 41.6. The lowest BCUT2D eigenvalue weighted by Gasteiger charge is -2.14. The van der Waals surface area contributed by atoms with Crippen LogP contribution in [0, 0.1) is 0 Å². The van der Waals surface area contributed by atoms with Gasteiger partial charge in [-0.15, -0.1) is 0 Å². The number of carbonyl (C=O) groups is 3. The molecule has 2 heterocycles. The topological polar surface area (TPSA) is 82.6 Å². The summed E-state index contributed by atoms with van der Waals surface area (Å²) in [5.74, 6) is -0.710. The van der Waals surface area contributed by atoms with Crippen molar-refractivity contribution in [3.05, 3.63) is 24.0 Å². The van der Waals surface area contributed by atoms with E-state index in [4.69, 9.17) is 0 Å². The van der Waals surface area contributed by atoms with E-state index in [-0.39, 0.29) is 29.8 Å². The number of hydrogen-bond acceptors (Lipinski definition) is 5. The summed E-state index contributed by atoms with van der Waals surface area (Å²) < 4.78 is 0. The van der Waals surface area contributed by atoms with Crippen LogP contribution in [0.3, 0.4) is 0 Å². The number of carbonyl (C=O) groups excluding carboxylic acids is 3. The Labute approximate surface area is 116 Å². The summed E-state index contributed by atoms with van der Waals surface area (Å²) in [6.45, 7) is 0. The van der Waals surface area contributed by atoms with Crippen LogP contribution in [0.4, 0.5) is 5.69 Å². The number of likely N-dealkylation sites (N-methyl/N-ethyl adjacent to an activating group) is 1. The fourth-order valence-corrected chi connectivity index (χ4v) is 1.94. The largest absolute Gasteiger partial charge is 0.373 e. The third kappa shape index (κ3) is 2.61. The first kappa shape index (κ1) is 14.0. The molecule has 0 saturated carbocycles. The molecule has 0 bridgehead atoms. The van der Waals surface area contributed by atoms with Crippen molar-refractivity contribution in [1.29, 1.82) is 0 Å². The van der Waals surface area contributed by atoms with E-state index in [2.05, 4.69) is 10.3 Å². The van der Waals surface area contributed by atoms with Crippen molar-refractivity contribution in [1.82, 2.24) is 14.8 Å². The van der Waals surface area contributed by atoms with E-state index >= 15 is 0 Å². The Hall–Kier alpha value is -2.44. The lowest BCUT2D eigenvalue weighted by molar-refractivity contribution is -0.136. The monoisotopic (exact) mass is 276 g/mol. The fraction of sp³-hybridized carbons (Fsp3) is 0.385. The van der Waals surface area contributed by atoms with Crippen molar-refractivity contribution in [3.8, 4) is 0 Å². The third-order valence-corrected chi connectivity index (χ3v) is 3.11. The molecule has 1 unspecified atom stereocenters. The molecule has 1 aromatic rings. The lowest BCUT2D eigenvalue weighted by atomic mass is 10.2. The van der Waals surface area contributed by atoms with E-state index < -0.39 is 6.04 Å². The maximum atomic E-state index is 11.8. The van der Waals surface area contributed by atoms with E-state index in [1.54, 1.807) is 26.2 Å². The zero-order valence-corrected chi connectivity index (χ0v) is 11.6. The Morgan fingerprint density at radius 2 is 2.15 bits per heavy atom. The van der Waals surface area contributed by atoms with Crippen molar-refractivity contribution >= 4 is 23.4 Å². The highest BCUT2D eigenvalue weighted by atomic mass is 16.2. The Balaban J connectivity index is 2.15. The van der Waals surface area contributed by atoms with E-state index in [0.29, 0.717) is 5.69 Å². The van der Waals surface area contributed by atoms with Crippen LogP contribution in [0.1, 0.15) is 16.9 Å².